The highest BCUT2D eigenvalue weighted by Crippen LogP contribution is 2.29. The van der Waals surface area contributed by atoms with E-state index < -0.39 is 0 Å². The van der Waals surface area contributed by atoms with Crippen LogP contribution in [0.4, 0.5) is 5.69 Å². The van der Waals surface area contributed by atoms with Gasteiger partial charge in [-0.3, -0.25) is 9.59 Å². The van der Waals surface area contributed by atoms with Gasteiger partial charge in [0, 0.05) is 6.07 Å². The minimum absolute atomic E-state index is 0.157. The van der Waals surface area contributed by atoms with Crippen LogP contribution in [0, 0.1) is 11.3 Å². The molecule has 0 aliphatic rings. The fraction of sp³-hybridized carbons (Fsp3) is 0.273. The summed E-state index contributed by atoms with van der Waals surface area (Å²) in [4.78, 5) is 33.3. The minimum Gasteiger partial charge on any atom is -0.493 e. The van der Waals surface area contributed by atoms with Gasteiger partial charge in [0.1, 0.15) is 12.6 Å². The number of aromatic nitrogens is 2. The smallest absolute Gasteiger partial charge is 0.279 e. The molecule has 0 bridgehead atoms. The topological polar surface area (TPSA) is 122 Å². The Kier molecular flexibility index (Phi) is 6.85. The number of nitrogens with one attached hydrogen (secondary N) is 3. The lowest BCUT2D eigenvalue weighted by Crippen LogP contribution is -3.11. The third-order valence-electron chi connectivity index (χ3n) is 4.91. The van der Waals surface area contributed by atoms with E-state index >= 15 is 0 Å². The zero-order valence-electron chi connectivity index (χ0n) is 17.6. The van der Waals surface area contributed by atoms with Crippen LogP contribution in [0.3, 0.4) is 0 Å². The van der Waals surface area contributed by atoms with Gasteiger partial charge in [-0.1, -0.05) is 12.1 Å². The summed E-state index contributed by atoms with van der Waals surface area (Å²) in [7, 11) is 3.02. The Labute approximate surface area is 179 Å². The number of amides is 1. The van der Waals surface area contributed by atoms with Crippen molar-refractivity contribution < 1.29 is 19.2 Å². The molecule has 9 nitrogen and oxygen atoms in total. The number of methoxy groups -OCH3 is 2. The molecule has 0 saturated heterocycles. The van der Waals surface area contributed by atoms with Gasteiger partial charge in [-0.15, -0.1) is 0 Å². The van der Waals surface area contributed by atoms with Crippen LogP contribution < -0.4 is 25.2 Å². The Balaban J connectivity index is 1.78. The average molecular weight is 422 g/mol. The molecular formula is C22H24N5O4+. The second-order valence-electron chi connectivity index (χ2n) is 6.90. The van der Waals surface area contributed by atoms with Gasteiger partial charge in [-0.25, -0.2) is 4.98 Å². The zero-order valence-corrected chi connectivity index (χ0v) is 17.6. The molecule has 1 aromatic heterocycles. The maximum Gasteiger partial charge on any atom is 0.279 e. The highest BCUT2D eigenvalue weighted by Gasteiger charge is 2.17. The van der Waals surface area contributed by atoms with Crippen LogP contribution in [0.25, 0.3) is 10.9 Å². The predicted molar refractivity (Wildman–Crippen MR) is 115 cm³/mol. The monoisotopic (exact) mass is 422 g/mol. The number of hydrogen-bond donors (Lipinski definition) is 3. The summed E-state index contributed by atoms with van der Waals surface area (Å²) in [5.74, 6) is 1.17. The number of benzene rings is 2. The molecule has 1 unspecified atom stereocenters. The maximum atomic E-state index is 12.6. The summed E-state index contributed by atoms with van der Waals surface area (Å²) in [5.41, 5.74) is 1.07. The summed E-state index contributed by atoms with van der Waals surface area (Å²) in [5, 5.41) is 12.3. The second kappa shape index (κ2) is 9.73. The molecular weight excluding hydrogens is 398 g/mol. The first-order valence-corrected chi connectivity index (χ1v) is 9.76. The van der Waals surface area contributed by atoms with Crippen molar-refractivity contribution in [1.82, 2.24) is 9.97 Å². The number of H-pyrrole nitrogens is 1. The summed E-state index contributed by atoms with van der Waals surface area (Å²) in [6.07, 6.45) is 0. The van der Waals surface area contributed by atoms with E-state index in [0.29, 0.717) is 52.6 Å². The number of rotatable bonds is 8. The Morgan fingerprint density at radius 3 is 2.61 bits per heavy atom. The first kappa shape index (κ1) is 21.8. The summed E-state index contributed by atoms with van der Waals surface area (Å²) in [6.45, 7) is 3.09. The first-order valence-electron chi connectivity index (χ1n) is 9.76. The van der Waals surface area contributed by atoms with Crippen molar-refractivity contribution in [2.24, 2.45) is 0 Å². The van der Waals surface area contributed by atoms with Gasteiger partial charge in [0.05, 0.1) is 42.9 Å². The lowest BCUT2D eigenvalue weighted by Gasteiger charge is -2.17. The molecule has 2 aromatic carbocycles. The number of ether oxygens (including phenoxy) is 2. The number of quaternary nitrogens is 1. The van der Waals surface area contributed by atoms with Crippen molar-refractivity contribution >= 4 is 22.5 Å². The molecule has 0 radical (unpaired) electrons. The van der Waals surface area contributed by atoms with Gasteiger partial charge in [0.2, 0.25) is 0 Å². The van der Waals surface area contributed by atoms with E-state index in [1.165, 1.54) is 14.2 Å². The molecule has 3 rings (SSSR count). The number of carbonyl (C=O) groups excluding carboxylic acids is 1. The summed E-state index contributed by atoms with van der Waals surface area (Å²) in [6, 6.07) is 12.1. The third-order valence-corrected chi connectivity index (χ3v) is 4.91. The number of nitrogens with zero attached hydrogens (tertiary/aromatic N) is 2. The lowest BCUT2D eigenvalue weighted by molar-refractivity contribution is -0.904. The largest absolute Gasteiger partial charge is 0.493 e. The molecule has 160 valence electrons. The van der Waals surface area contributed by atoms with E-state index in [1.54, 1.807) is 36.4 Å². The second-order valence-corrected chi connectivity index (χ2v) is 6.90. The number of nitriles is 1. The van der Waals surface area contributed by atoms with Crippen LogP contribution >= 0.6 is 0 Å². The quantitative estimate of drug-likeness (QED) is 0.495. The lowest BCUT2D eigenvalue weighted by atomic mass is 10.2. The van der Waals surface area contributed by atoms with Gasteiger partial charge < -0.3 is 24.7 Å². The number of aromatic amines is 1. The van der Waals surface area contributed by atoms with Crippen LogP contribution in [0.1, 0.15) is 18.3 Å². The Morgan fingerprint density at radius 2 is 1.94 bits per heavy atom. The van der Waals surface area contributed by atoms with Crippen LogP contribution in [0.15, 0.2) is 41.2 Å². The summed E-state index contributed by atoms with van der Waals surface area (Å²) < 4.78 is 10.5. The standard InChI is InChI=1S/C22H23N5O4/c1-4-27(13-21(28)25-16-8-6-5-7-14(16)11-23)12-20-24-17-10-19(31-3)18(30-2)9-15(17)22(29)26-20/h5-10H,4,12-13H2,1-3H3,(H,25,28)(H,24,26,29)/p+1. The number of carbonyl (C=O) groups is 1. The molecule has 9 heteroatoms. The molecule has 0 aliphatic heterocycles. The van der Waals surface area contributed by atoms with Gasteiger partial charge in [-0.2, -0.15) is 5.26 Å². The molecule has 3 N–H and O–H groups in total. The molecule has 3 aromatic rings. The van der Waals surface area contributed by atoms with E-state index in [-0.39, 0.29) is 18.0 Å². The average Bonchev–Trinajstić information content (AvgIpc) is 2.78. The van der Waals surface area contributed by atoms with Crippen LogP contribution in [-0.4, -0.2) is 43.2 Å². The Bertz CT molecular complexity index is 1200. The molecule has 1 heterocycles. The number of likely N-dealkylation sites (N-methyl/N-ethyl adjacent to an activating group) is 1. The van der Waals surface area contributed by atoms with Gasteiger partial charge in [-0.05, 0) is 25.1 Å². The van der Waals surface area contributed by atoms with E-state index in [0.717, 1.165) is 4.90 Å². The molecule has 0 aliphatic carbocycles. The summed E-state index contributed by atoms with van der Waals surface area (Å²) >= 11 is 0. The normalized spacial score (nSPS) is 11.5. The van der Waals surface area contributed by atoms with E-state index in [4.69, 9.17) is 9.47 Å². The van der Waals surface area contributed by atoms with E-state index in [2.05, 4.69) is 21.4 Å². The third kappa shape index (κ3) is 4.99. The van der Waals surface area contributed by atoms with Crippen molar-refractivity contribution in [3.8, 4) is 17.6 Å². The zero-order chi connectivity index (χ0) is 22.4. The molecule has 0 spiro atoms. The number of fused-ring (bicyclic) bond motifs is 1. The molecule has 1 amide bonds. The van der Waals surface area contributed by atoms with Gasteiger partial charge in [0.15, 0.2) is 23.9 Å². The highest BCUT2D eigenvalue weighted by molar-refractivity contribution is 5.92. The molecule has 0 fully saturated rings. The molecule has 0 saturated carbocycles. The van der Waals surface area contributed by atoms with Crippen molar-refractivity contribution in [2.75, 3.05) is 32.6 Å². The Hall–Kier alpha value is -3.90. The molecule has 1 atom stereocenters. The van der Waals surface area contributed by atoms with Crippen molar-refractivity contribution in [2.45, 2.75) is 13.5 Å². The van der Waals surface area contributed by atoms with Crippen LogP contribution in [0.5, 0.6) is 11.5 Å². The SMILES string of the molecule is CC[NH+](CC(=O)Nc1ccccc1C#N)Cc1nc2cc(OC)c(OC)cc2c(=O)[nH]1. The van der Waals surface area contributed by atoms with Crippen molar-refractivity contribution in [3.05, 3.63) is 58.1 Å². The minimum atomic E-state index is -0.288. The maximum absolute atomic E-state index is 12.6. The van der Waals surface area contributed by atoms with Crippen LogP contribution in [0.2, 0.25) is 0 Å². The fourth-order valence-electron chi connectivity index (χ4n) is 3.26. The van der Waals surface area contributed by atoms with Gasteiger partial charge in [0.25, 0.3) is 11.5 Å². The Morgan fingerprint density at radius 1 is 1.23 bits per heavy atom. The number of hydrogen-bond acceptors (Lipinski definition) is 6. The van der Waals surface area contributed by atoms with Crippen molar-refractivity contribution in [3.63, 3.8) is 0 Å². The first-order chi connectivity index (χ1) is 15.0. The van der Waals surface area contributed by atoms with Crippen LogP contribution in [-0.2, 0) is 11.3 Å². The van der Waals surface area contributed by atoms with E-state index in [9.17, 15) is 14.9 Å². The number of anilines is 1. The van der Waals surface area contributed by atoms with Crippen molar-refractivity contribution in [1.29, 1.82) is 5.26 Å². The van der Waals surface area contributed by atoms with Gasteiger partial charge >= 0.3 is 0 Å². The fourth-order valence-corrected chi connectivity index (χ4v) is 3.26. The highest BCUT2D eigenvalue weighted by atomic mass is 16.5. The molecule has 31 heavy (non-hydrogen) atoms. The number of para-hydroxylation sites is 1. The predicted octanol–water partition coefficient (Wildman–Crippen LogP) is 0.855. The van der Waals surface area contributed by atoms with E-state index in [1.807, 2.05) is 6.92 Å².